The average Bonchev–Trinajstić information content (AvgIpc) is 2.81. The van der Waals surface area contributed by atoms with Crippen LogP contribution in [0.4, 0.5) is 14.9 Å². The Balaban J connectivity index is 2.31. The van der Waals surface area contributed by atoms with Crippen LogP contribution in [0.1, 0.15) is 31.3 Å². The summed E-state index contributed by atoms with van der Waals surface area (Å²) in [6, 6.07) is 5.17. The molecule has 8 heteroatoms. The Hall–Kier alpha value is -2.90. The van der Waals surface area contributed by atoms with E-state index in [0.717, 1.165) is 10.7 Å². The summed E-state index contributed by atoms with van der Waals surface area (Å²) in [5.41, 5.74) is -0.199. The number of carboxylic acid groups (broad SMARTS) is 1. The minimum absolute atomic E-state index is 0.0742. The lowest BCUT2D eigenvalue weighted by Crippen LogP contribution is -2.27. The Bertz CT molecular complexity index is 793. The van der Waals surface area contributed by atoms with E-state index in [-0.39, 0.29) is 17.0 Å². The number of nitrogens with one attached hydrogen (secondary N) is 1. The van der Waals surface area contributed by atoms with E-state index in [9.17, 15) is 14.0 Å². The maximum Gasteiger partial charge on any atom is 0.412 e. The fourth-order valence-electron chi connectivity index (χ4n) is 2.02. The molecule has 1 aromatic carbocycles. The number of hydrogen-bond acceptors (Lipinski definition) is 4. The van der Waals surface area contributed by atoms with Crippen LogP contribution in [0.15, 0.2) is 24.3 Å². The fraction of sp³-hybridized carbons (Fsp3) is 0.312. The predicted molar refractivity (Wildman–Crippen MR) is 85.4 cm³/mol. The number of halogens is 1. The molecule has 0 aliphatic rings. The molecule has 1 heterocycles. The molecule has 0 aliphatic carbocycles. The maximum absolute atomic E-state index is 14.1. The van der Waals surface area contributed by atoms with Crippen LogP contribution in [0.25, 0.3) is 11.3 Å². The van der Waals surface area contributed by atoms with Crippen molar-refractivity contribution < 1.29 is 23.8 Å². The zero-order valence-electron chi connectivity index (χ0n) is 13.8. The van der Waals surface area contributed by atoms with Crippen molar-refractivity contribution in [3.8, 4) is 11.3 Å². The molecule has 0 aliphatic heterocycles. The van der Waals surface area contributed by atoms with Gasteiger partial charge in [0.2, 0.25) is 0 Å². The number of amides is 1. The van der Waals surface area contributed by atoms with Crippen LogP contribution in [0.5, 0.6) is 0 Å². The van der Waals surface area contributed by atoms with Gasteiger partial charge in [-0.3, -0.25) is 10.00 Å². The number of rotatable bonds is 3. The zero-order valence-corrected chi connectivity index (χ0v) is 13.8. The first kappa shape index (κ1) is 17.5. The number of aryl methyl sites for hydroxylation is 1. The molecule has 2 rings (SSSR count). The smallest absolute Gasteiger partial charge is 0.412 e. The van der Waals surface area contributed by atoms with E-state index in [1.165, 1.54) is 25.2 Å². The maximum atomic E-state index is 14.1. The molecule has 1 aromatic heterocycles. The zero-order chi connectivity index (χ0) is 18.1. The summed E-state index contributed by atoms with van der Waals surface area (Å²) in [4.78, 5) is 22.9. The predicted octanol–water partition coefficient (Wildman–Crippen LogP) is 3.27. The number of aromatic nitrogens is 2. The normalized spacial score (nSPS) is 11.2. The Morgan fingerprint density at radius 3 is 2.50 bits per heavy atom. The largest absolute Gasteiger partial charge is 0.477 e. The van der Waals surface area contributed by atoms with Crippen LogP contribution >= 0.6 is 0 Å². The van der Waals surface area contributed by atoms with Crippen molar-refractivity contribution in [2.75, 3.05) is 5.32 Å². The molecule has 0 unspecified atom stereocenters. The van der Waals surface area contributed by atoms with Gasteiger partial charge in [0.1, 0.15) is 17.1 Å². The van der Waals surface area contributed by atoms with Crippen LogP contribution in [0.3, 0.4) is 0 Å². The minimum Gasteiger partial charge on any atom is -0.477 e. The first-order valence-corrected chi connectivity index (χ1v) is 7.14. The second-order valence-corrected chi connectivity index (χ2v) is 6.17. The third kappa shape index (κ3) is 4.09. The van der Waals surface area contributed by atoms with E-state index < -0.39 is 23.5 Å². The molecule has 0 radical (unpaired) electrons. The van der Waals surface area contributed by atoms with Crippen LogP contribution in [0, 0.1) is 5.82 Å². The molecule has 0 atom stereocenters. The first-order chi connectivity index (χ1) is 11.1. The Labute approximate surface area is 138 Å². The van der Waals surface area contributed by atoms with Gasteiger partial charge in [-0.25, -0.2) is 14.0 Å². The number of hydrogen-bond donors (Lipinski definition) is 2. The number of benzene rings is 1. The van der Waals surface area contributed by atoms with Gasteiger partial charge in [-0.1, -0.05) is 0 Å². The van der Waals surface area contributed by atoms with Gasteiger partial charge >= 0.3 is 12.1 Å². The number of nitrogens with zero attached hydrogens (tertiary/aromatic N) is 2. The van der Waals surface area contributed by atoms with E-state index in [1.54, 1.807) is 20.8 Å². The van der Waals surface area contributed by atoms with Crippen molar-refractivity contribution in [3.63, 3.8) is 0 Å². The van der Waals surface area contributed by atoms with Gasteiger partial charge in [0.15, 0.2) is 0 Å². The van der Waals surface area contributed by atoms with Gasteiger partial charge in [0, 0.05) is 18.3 Å². The topological polar surface area (TPSA) is 93.5 Å². The molecule has 2 N–H and O–H groups in total. The van der Waals surface area contributed by atoms with E-state index in [0.29, 0.717) is 5.69 Å². The highest BCUT2D eigenvalue weighted by molar-refractivity contribution is 5.88. The Morgan fingerprint density at radius 2 is 1.96 bits per heavy atom. The van der Waals surface area contributed by atoms with Crippen molar-refractivity contribution in [1.82, 2.24) is 9.78 Å². The van der Waals surface area contributed by atoms with Crippen LogP contribution in [0.2, 0.25) is 0 Å². The van der Waals surface area contributed by atoms with Gasteiger partial charge in [0.05, 0.1) is 5.69 Å². The molecule has 2 aromatic rings. The second kappa shape index (κ2) is 6.31. The van der Waals surface area contributed by atoms with E-state index >= 15 is 0 Å². The van der Waals surface area contributed by atoms with Crippen molar-refractivity contribution in [1.29, 1.82) is 0 Å². The molecule has 0 bridgehead atoms. The lowest BCUT2D eigenvalue weighted by molar-refractivity contribution is 0.0633. The highest BCUT2D eigenvalue weighted by atomic mass is 19.1. The van der Waals surface area contributed by atoms with E-state index in [2.05, 4.69) is 10.4 Å². The molecule has 0 saturated heterocycles. The number of ether oxygens (including phenoxy) is 1. The molecule has 1 amide bonds. The molecule has 0 fully saturated rings. The monoisotopic (exact) mass is 335 g/mol. The summed E-state index contributed by atoms with van der Waals surface area (Å²) in [5.74, 6) is -1.75. The Kier molecular flexibility index (Phi) is 4.59. The third-order valence-electron chi connectivity index (χ3n) is 2.99. The standard InChI is InChI=1S/C16H18FN3O4/c1-16(2,3)24-15(23)18-9-5-6-11(17)10(7-9)12-8-13(14(21)22)20(4)19-12/h5-8H,1-4H3,(H,18,23)(H,21,22). The summed E-state index contributed by atoms with van der Waals surface area (Å²) in [6.45, 7) is 5.18. The van der Waals surface area contributed by atoms with Gasteiger partial charge in [-0.2, -0.15) is 5.10 Å². The summed E-state index contributed by atoms with van der Waals surface area (Å²) in [5, 5.41) is 15.5. The fourth-order valence-corrected chi connectivity index (χ4v) is 2.02. The summed E-state index contributed by atoms with van der Waals surface area (Å²) in [6.07, 6.45) is -0.674. The lowest BCUT2D eigenvalue weighted by atomic mass is 10.1. The number of aromatic carboxylic acids is 1. The number of anilines is 1. The molecule has 24 heavy (non-hydrogen) atoms. The summed E-state index contributed by atoms with van der Waals surface area (Å²) < 4.78 is 20.3. The van der Waals surface area contributed by atoms with Gasteiger partial charge < -0.3 is 9.84 Å². The molecule has 0 spiro atoms. The van der Waals surface area contributed by atoms with Crippen LogP contribution < -0.4 is 5.32 Å². The molecule has 7 nitrogen and oxygen atoms in total. The molecular formula is C16H18FN3O4. The number of carbonyl (C=O) groups excluding carboxylic acids is 1. The highest BCUT2D eigenvalue weighted by Gasteiger charge is 2.18. The van der Waals surface area contributed by atoms with Crippen molar-refractivity contribution >= 4 is 17.7 Å². The van der Waals surface area contributed by atoms with E-state index in [4.69, 9.17) is 9.84 Å². The van der Waals surface area contributed by atoms with Crippen LogP contribution in [-0.4, -0.2) is 32.6 Å². The van der Waals surface area contributed by atoms with Gasteiger partial charge in [-0.15, -0.1) is 0 Å². The lowest BCUT2D eigenvalue weighted by Gasteiger charge is -2.19. The second-order valence-electron chi connectivity index (χ2n) is 6.17. The van der Waals surface area contributed by atoms with Crippen molar-refractivity contribution in [2.24, 2.45) is 7.05 Å². The van der Waals surface area contributed by atoms with Crippen molar-refractivity contribution in [3.05, 3.63) is 35.8 Å². The molecule has 128 valence electrons. The van der Waals surface area contributed by atoms with Crippen LogP contribution in [-0.2, 0) is 11.8 Å². The Morgan fingerprint density at radius 1 is 1.29 bits per heavy atom. The SMILES string of the molecule is Cn1nc(-c2cc(NC(=O)OC(C)(C)C)ccc2F)cc1C(=O)O. The van der Waals surface area contributed by atoms with Crippen molar-refractivity contribution in [2.45, 2.75) is 26.4 Å². The number of carboxylic acids is 1. The highest BCUT2D eigenvalue weighted by Crippen LogP contribution is 2.26. The molecule has 0 saturated carbocycles. The first-order valence-electron chi connectivity index (χ1n) is 7.14. The minimum atomic E-state index is -1.17. The van der Waals surface area contributed by atoms with Gasteiger partial charge in [0.25, 0.3) is 0 Å². The van der Waals surface area contributed by atoms with E-state index in [1.807, 2.05) is 0 Å². The number of carbonyl (C=O) groups is 2. The third-order valence-corrected chi connectivity index (χ3v) is 2.99. The average molecular weight is 335 g/mol. The van der Waals surface area contributed by atoms with Gasteiger partial charge in [-0.05, 0) is 45.0 Å². The summed E-state index contributed by atoms with van der Waals surface area (Å²) >= 11 is 0. The summed E-state index contributed by atoms with van der Waals surface area (Å²) in [7, 11) is 1.45. The quantitative estimate of drug-likeness (QED) is 0.898. The molecular weight excluding hydrogens is 317 g/mol.